The molecule has 0 bridgehead atoms. The number of aliphatic carboxylic acids is 1. The molecule has 0 heterocycles. The van der Waals surface area contributed by atoms with Crippen molar-refractivity contribution in [3.05, 3.63) is 22.8 Å². The zero-order valence-corrected chi connectivity index (χ0v) is 7.08. The summed E-state index contributed by atoms with van der Waals surface area (Å²) in [7, 11) is 0. The Labute approximate surface area is 74.2 Å². The maximum absolute atomic E-state index is 10.5. The van der Waals surface area contributed by atoms with Crippen molar-refractivity contribution >= 4 is 34.7 Å². The lowest BCUT2D eigenvalue weighted by Gasteiger charge is -2.06. The van der Waals surface area contributed by atoms with E-state index < -0.39 is 5.97 Å². The van der Waals surface area contributed by atoms with Gasteiger partial charge in [0.25, 0.3) is 0 Å². The van der Waals surface area contributed by atoms with Crippen molar-refractivity contribution in [2.45, 2.75) is 6.42 Å². The Balaban J connectivity index is 2.99. The van der Waals surface area contributed by atoms with E-state index in [0.29, 0.717) is 16.3 Å². The van der Waals surface area contributed by atoms with Gasteiger partial charge in [0.2, 0.25) is 0 Å². The fourth-order valence-corrected chi connectivity index (χ4v) is 1.17. The number of thiocarbonyl (C=S) groups is 1. The predicted octanol–water partition coefficient (Wildman–Crippen LogP) is 1.89. The number of allylic oxidation sites excluding steroid dienone is 3. The first-order chi connectivity index (χ1) is 5.11. The number of halogens is 1. The summed E-state index contributed by atoms with van der Waals surface area (Å²) in [5.74, 6) is -1.01. The van der Waals surface area contributed by atoms with Crippen molar-refractivity contribution in [1.29, 1.82) is 0 Å². The molecule has 2 nitrogen and oxygen atoms in total. The lowest BCUT2D eigenvalue weighted by Crippen LogP contribution is -2.12. The third kappa shape index (κ3) is 1.88. The highest BCUT2D eigenvalue weighted by Gasteiger charge is 2.15. The third-order valence-electron chi connectivity index (χ3n) is 1.30. The van der Waals surface area contributed by atoms with Gasteiger partial charge in [-0.05, 0) is 6.08 Å². The molecule has 0 unspecified atom stereocenters. The molecule has 58 valence electrons. The summed E-state index contributed by atoms with van der Waals surface area (Å²) in [6.45, 7) is 0. The molecule has 4 heteroatoms. The average molecular weight is 189 g/mol. The average Bonchev–Trinajstić information content (AvgIpc) is 1.94. The molecule has 0 atom stereocenters. The van der Waals surface area contributed by atoms with Crippen LogP contribution < -0.4 is 0 Å². The molecular weight excluding hydrogens is 184 g/mol. The first-order valence-electron chi connectivity index (χ1n) is 2.95. The van der Waals surface area contributed by atoms with E-state index in [1.54, 1.807) is 6.08 Å². The smallest absolute Gasteiger partial charge is 0.336 e. The van der Waals surface area contributed by atoms with Crippen molar-refractivity contribution in [1.82, 2.24) is 0 Å². The monoisotopic (exact) mass is 188 g/mol. The van der Waals surface area contributed by atoms with Crippen molar-refractivity contribution < 1.29 is 9.90 Å². The number of rotatable bonds is 1. The fraction of sp³-hybridized carbons (Fsp3) is 0.143. The van der Waals surface area contributed by atoms with Crippen LogP contribution in [0.1, 0.15) is 6.42 Å². The molecule has 0 saturated heterocycles. The molecule has 0 saturated carbocycles. The largest absolute Gasteiger partial charge is 0.478 e. The van der Waals surface area contributed by atoms with Gasteiger partial charge in [-0.1, -0.05) is 29.9 Å². The summed E-state index contributed by atoms with van der Waals surface area (Å²) in [4.78, 5) is 10.9. The lowest BCUT2D eigenvalue weighted by molar-refractivity contribution is -0.132. The van der Waals surface area contributed by atoms with Gasteiger partial charge in [-0.15, -0.1) is 0 Å². The molecule has 0 aliphatic heterocycles. The summed E-state index contributed by atoms with van der Waals surface area (Å²) in [5.41, 5.74) is 0.132. The van der Waals surface area contributed by atoms with E-state index in [9.17, 15) is 4.79 Å². The van der Waals surface area contributed by atoms with E-state index in [1.807, 2.05) is 0 Å². The Bertz CT molecular complexity index is 278. The van der Waals surface area contributed by atoms with Gasteiger partial charge in [0.15, 0.2) is 0 Å². The number of carbonyl (C=O) groups is 1. The van der Waals surface area contributed by atoms with Gasteiger partial charge >= 0.3 is 5.97 Å². The van der Waals surface area contributed by atoms with Crippen molar-refractivity contribution in [2.75, 3.05) is 0 Å². The van der Waals surface area contributed by atoms with Crippen LogP contribution in [0.15, 0.2) is 22.8 Å². The van der Waals surface area contributed by atoms with E-state index in [-0.39, 0.29) is 5.57 Å². The number of carboxylic acid groups (broad SMARTS) is 1. The Kier molecular flexibility index (Phi) is 2.42. The molecule has 1 aliphatic rings. The molecule has 1 N–H and O–H groups in total. The second-order valence-corrected chi connectivity index (χ2v) is 3.01. The fourth-order valence-electron chi connectivity index (χ4n) is 0.758. The van der Waals surface area contributed by atoms with E-state index >= 15 is 0 Å². The second kappa shape index (κ2) is 3.15. The summed E-state index contributed by atoms with van der Waals surface area (Å²) in [6, 6.07) is 0. The van der Waals surface area contributed by atoms with Crippen LogP contribution >= 0.6 is 23.8 Å². The van der Waals surface area contributed by atoms with Crippen LogP contribution in [0.25, 0.3) is 0 Å². The maximum Gasteiger partial charge on any atom is 0.336 e. The number of carboxylic acids is 1. The zero-order valence-electron chi connectivity index (χ0n) is 5.50. The molecule has 11 heavy (non-hydrogen) atoms. The summed E-state index contributed by atoms with van der Waals surface area (Å²) in [6.07, 6.45) is 3.51. The molecule has 1 rings (SSSR count). The molecule has 0 radical (unpaired) electrons. The van der Waals surface area contributed by atoms with E-state index in [1.165, 1.54) is 6.08 Å². The molecule has 0 spiro atoms. The molecule has 0 aromatic rings. The van der Waals surface area contributed by atoms with E-state index in [0.717, 1.165) is 0 Å². The van der Waals surface area contributed by atoms with Gasteiger partial charge in [-0.2, -0.15) is 0 Å². The molecule has 0 fully saturated rings. The van der Waals surface area contributed by atoms with Crippen LogP contribution in [0.4, 0.5) is 0 Å². The minimum Gasteiger partial charge on any atom is -0.478 e. The standard InChI is InChI=1S/C7H5ClO2S/c8-4-1-2-6(11)5(3-4)7(9)10/h1,3H,2H2,(H,9,10). The van der Waals surface area contributed by atoms with Crippen LogP contribution in [0.2, 0.25) is 0 Å². The Morgan fingerprint density at radius 3 is 2.82 bits per heavy atom. The quantitative estimate of drug-likeness (QED) is 0.639. The molecular formula is C7H5ClO2S. The van der Waals surface area contributed by atoms with Crippen molar-refractivity contribution in [2.24, 2.45) is 0 Å². The van der Waals surface area contributed by atoms with Crippen LogP contribution in [0.5, 0.6) is 0 Å². The highest BCUT2D eigenvalue weighted by atomic mass is 35.5. The van der Waals surface area contributed by atoms with Gasteiger partial charge in [-0.3, -0.25) is 0 Å². The highest BCUT2D eigenvalue weighted by Crippen LogP contribution is 2.18. The minimum atomic E-state index is -1.01. The normalized spacial score (nSPS) is 17.4. The van der Waals surface area contributed by atoms with Gasteiger partial charge in [0.05, 0.1) is 5.57 Å². The van der Waals surface area contributed by atoms with Gasteiger partial charge < -0.3 is 5.11 Å². The lowest BCUT2D eigenvalue weighted by atomic mass is 10.1. The molecule has 1 aliphatic carbocycles. The second-order valence-electron chi connectivity index (χ2n) is 2.08. The number of hydrogen-bond acceptors (Lipinski definition) is 2. The van der Waals surface area contributed by atoms with Crippen LogP contribution in [-0.4, -0.2) is 15.9 Å². The first kappa shape index (κ1) is 8.43. The van der Waals surface area contributed by atoms with Gasteiger partial charge in [0.1, 0.15) is 0 Å². The first-order valence-corrected chi connectivity index (χ1v) is 3.73. The Morgan fingerprint density at radius 2 is 2.36 bits per heavy atom. The topological polar surface area (TPSA) is 37.3 Å². The van der Waals surface area contributed by atoms with Crippen LogP contribution in [-0.2, 0) is 4.79 Å². The summed E-state index contributed by atoms with van der Waals surface area (Å²) < 4.78 is 0. The SMILES string of the molecule is O=C(O)C1=CC(Cl)=CCC1=S. The molecule has 0 amide bonds. The number of hydrogen-bond donors (Lipinski definition) is 1. The van der Waals surface area contributed by atoms with Crippen molar-refractivity contribution in [3.8, 4) is 0 Å². The van der Waals surface area contributed by atoms with E-state index in [2.05, 4.69) is 0 Å². The molecule has 0 aromatic heterocycles. The predicted molar refractivity (Wildman–Crippen MR) is 46.9 cm³/mol. The summed E-state index contributed by atoms with van der Waals surface area (Å²) >= 11 is 10.4. The van der Waals surface area contributed by atoms with Gasteiger partial charge in [0, 0.05) is 16.3 Å². The highest BCUT2D eigenvalue weighted by molar-refractivity contribution is 7.81. The molecule has 0 aromatic carbocycles. The van der Waals surface area contributed by atoms with Gasteiger partial charge in [-0.25, -0.2) is 4.79 Å². The minimum absolute atomic E-state index is 0.132. The van der Waals surface area contributed by atoms with Crippen molar-refractivity contribution in [3.63, 3.8) is 0 Å². The van der Waals surface area contributed by atoms with Crippen LogP contribution in [0.3, 0.4) is 0 Å². The third-order valence-corrected chi connectivity index (χ3v) is 1.95. The zero-order chi connectivity index (χ0) is 8.43. The summed E-state index contributed by atoms with van der Waals surface area (Å²) in [5, 5.41) is 9.03. The Hall–Kier alpha value is -0.670. The van der Waals surface area contributed by atoms with E-state index in [4.69, 9.17) is 28.9 Å². The Morgan fingerprint density at radius 1 is 1.73 bits per heavy atom. The van der Waals surface area contributed by atoms with Crippen LogP contribution in [0, 0.1) is 0 Å². The maximum atomic E-state index is 10.5.